The molecule has 1 heterocycles. The fourth-order valence-electron chi connectivity index (χ4n) is 2.19. The van der Waals surface area contributed by atoms with Gasteiger partial charge in [0.2, 0.25) is 5.91 Å². The molecule has 1 aliphatic heterocycles. The number of urea groups is 1. The summed E-state index contributed by atoms with van der Waals surface area (Å²) in [7, 11) is 0. The molecule has 1 saturated heterocycles. The predicted octanol–water partition coefficient (Wildman–Crippen LogP) is 2.12. The minimum absolute atomic E-state index is 0.135. The molecule has 0 aromatic heterocycles. The molecule has 0 bridgehead atoms. The molecule has 0 aromatic rings. The highest BCUT2D eigenvalue weighted by molar-refractivity contribution is 5.78. The Morgan fingerprint density at radius 2 is 1.65 bits per heavy atom. The van der Waals surface area contributed by atoms with Gasteiger partial charge >= 0.3 is 6.03 Å². The standard InChI is InChI=1S/C15H29N3O2/c1-12(2)13(3)17-15(20)16-9-8-14(19)18-10-6-4-5-7-11-18/h12-13H,4-11H2,1-3H3,(H2,16,17,20). The Kier molecular flexibility index (Phi) is 7.41. The Balaban J connectivity index is 2.19. The molecule has 0 radical (unpaired) electrons. The van der Waals surface area contributed by atoms with Crippen molar-refractivity contribution in [3.05, 3.63) is 0 Å². The van der Waals surface area contributed by atoms with Crippen LogP contribution in [0.25, 0.3) is 0 Å². The topological polar surface area (TPSA) is 61.4 Å². The van der Waals surface area contributed by atoms with Gasteiger partial charge < -0.3 is 15.5 Å². The van der Waals surface area contributed by atoms with E-state index in [1.54, 1.807) is 0 Å². The number of carbonyl (C=O) groups is 2. The number of carbonyl (C=O) groups excluding carboxylic acids is 2. The van der Waals surface area contributed by atoms with Crippen LogP contribution in [-0.4, -0.2) is 42.5 Å². The van der Waals surface area contributed by atoms with E-state index in [1.807, 2.05) is 11.8 Å². The van der Waals surface area contributed by atoms with E-state index in [-0.39, 0.29) is 18.0 Å². The van der Waals surface area contributed by atoms with Gasteiger partial charge in [-0.25, -0.2) is 4.79 Å². The predicted molar refractivity (Wildman–Crippen MR) is 80.5 cm³/mol. The smallest absolute Gasteiger partial charge is 0.315 e. The van der Waals surface area contributed by atoms with E-state index in [9.17, 15) is 9.59 Å². The van der Waals surface area contributed by atoms with Crippen LogP contribution in [0.15, 0.2) is 0 Å². The third-order valence-corrected chi connectivity index (χ3v) is 3.94. The quantitative estimate of drug-likeness (QED) is 0.812. The normalized spacial score (nSPS) is 17.5. The average Bonchev–Trinajstić information content (AvgIpc) is 2.67. The zero-order valence-corrected chi connectivity index (χ0v) is 13.1. The molecule has 1 atom stereocenters. The zero-order chi connectivity index (χ0) is 15.0. The first-order valence-electron chi connectivity index (χ1n) is 7.83. The number of rotatable bonds is 5. The lowest BCUT2D eigenvalue weighted by atomic mass is 10.1. The second kappa shape index (κ2) is 8.82. The van der Waals surface area contributed by atoms with E-state index >= 15 is 0 Å². The Morgan fingerprint density at radius 3 is 2.20 bits per heavy atom. The van der Waals surface area contributed by atoms with Crippen LogP contribution in [0.1, 0.15) is 52.9 Å². The zero-order valence-electron chi connectivity index (χ0n) is 13.1. The number of likely N-dealkylation sites (tertiary alicyclic amines) is 1. The van der Waals surface area contributed by atoms with Crippen LogP contribution in [0.3, 0.4) is 0 Å². The Morgan fingerprint density at radius 1 is 1.05 bits per heavy atom. The van der Waals surface area contributed by atoms with Crippen molar-refractivity contribution in [3.63, 3.8) is 0 Å². The van der Waals surface area contributed by atoms with Crippen LogP contribution in [-0.2, 0) is 4.79 Å². The highest BCUT2D eigenvalue weighted by Gasteiger charge is 2.15. The molecular formula is C15H29N3O2. The van der Waals surface area contributed by atoms with Gasteiger partial charge in [-0.3, -0.25) is 4.79 Å². The molecule has 3 amide bonds. The summed E-state index contributed by atoms with van der Waals surface area (Å²) >= 11 is 0. The van der Waals surface area contributed by atoms with E-state index in [2.05, 4.69) is 24.5 Å². The average molecular weight is 283 g/mol. The van der Waals surface area contributed by atoms with Gasteiger partial charge in [0.1, 0.15) is 0 Å². The molecule has 1 fully saturated rings. The van der Waals surface area contributed by atoms with Gasteiger partial charge in [0.25, 0.3) is 0 Å². The second-order valence-electron chi connectivity index (χ2n) is 5.98. The summed E-state index contributed by atoms with van der Waals surface area (Å²) in [5.41, 5.74) is 0. The van der Waals surface area contributed by atoms with Crippen molar-refractivity contribution in [2.45, 2.75) is 58.9 Å². The first-order chi connectivity index (χ1) is 9.50. The third-order valence-electron chi connectivity index (χ3n) is 3.94. The maximum atomic E-state index is 12.0. The molecule has 1 rings (SSSR count). The first kappa shape index (κ1) is 16.8. The number of nitrogens with one attached hydrogen (secondary N) is 2. The first-order valence-corrected chi connectivity index (χ1v) is 7.83. The second-order valence-corrected chi connectivity index (χ2v) is 5.98. The molecule has 1 aliphatic rings. The lowest BCUT2D eigenvalue weighted by Crippen LogP contribution is -2.44. The SMILES string of the molecule is CC(C)C(C)NC(=O)NCCC(=O)N1CCCCCC1. The number of nitrogens with zero attached hydrogens (tertiary/aromatic N) is 1. The minimum Gasteiger partial charge on any atom is -0.343 e. The van der Waals surface area contributed by atoms with Crippen LogP contribution >= 0.6 is 0 Å². The highest BCUT2D eigenvalue weighted by atomic mass is 16.2. The van der Waals surface area contributed by atoms with E-state index in [1.165, 1.54) is 12.8 Å². The number of hydrogen-bond acceptors (Lipinski definition) is 2. The van der Waals surface area contributed by atoms with E-state index < -0.39 is 0 Å². The molecule has 20 heavy (non-hydrogen) atoms. The summed E-state index contributed by atoms with van der Waals surface area (Å²) in [6.45, 7) is 8.26. The van der Waals surface area contributed by atoms with Crippen LogP contribution in [0.2, 0.25) is 0 Å². The highest BCUT2D eigenvalue weighted by Crippen LogP contribution is 2.10. The van der Waals surface area contributed by atoms with Crippen molar-refractivity contribution in [1.82, 2.24) is 15.5 Å². The summed E-state index contributed by atoms with van der Waals surface area (Å²) in [5, 5.41) is 5.62. The van der Waals surface area contributed by atoms with Gasteiger partial charge in [-0.1, -0.05) is 26.7 Å². The molecular weight excluding hydrogens is 254 g/mol. The van der Waals surface area contributed by atoms with Crippen LogP contribution < -0.4 is 10.6 Å². The maximum absolute atomic E-state index is 12.0. The van der Waals surface area contributed by atoms with Gasteiger partial charge in [-0.05, 0) is 25.7 Å². The fraction of sp³-hybridized carbons (Fsp3) is 0.867. The molecule has 116 valence electrons. The van der Waals surface area contributed by atoms with Crippen molar-refractivity contribution >= 4 is 11.9 Å². The Bertz CT molecular complexity index is 310. The summed E-state index contributed by atoms with van der Waals surface area (Å²) in [6.07, 6.45) is 5.04. The molecule has 0 saturated carbocycles. The molecule has 0 aromatic carbocycles. The lowest BCUT2D eigenvalue weighted by Gasteiger charge is -2.21. The van der Waals surface area contributed by atoms with Gasteiger partial charge in [0, 0.05) is 32.1 Å². The number of amides is 3. The van der Waals surface area contributed by atoms with Crippen molar-refractivity contribution in [1.29, 1.82) is 0 Å². The van der Waals surface area contributed by atoms with Crippen LogP contribution in [0.4, 0.5) is 4.79 Å². The van der Waals surface area contributed by atoms with Gasteiger partial charge in [0.05, 0.1) is 0 Å². The maximum Gasteiger partial charge on any atom is 0.315 e. The molecule has 0 spiro atoms. The number of hydrogen-bond donors (Lipinski definition) is 2. The summed E-state index contributed by atoms with van der Waals surface area (Å²) in [5.74, 6) is 0.559. The van der Waals surface area contributed by atoms with E-state index in [4.69, 9.17) is 0 Å². The van der Waals surface area contributed by atoms with Crippen molar-refractivity contribution in [2.75, 3.05) is 19.6 Å². The largest absolute Gasteiger partial charge is 0.343 e. The van der Waals surface area contributed by atoms with Crippen LogP contribution in [0, 0.1) is 5.92 Å². The van der Waals surface area contributed by atoms with Gasteiger partial charge in [0.15, 0.2) is 0 Å². The fourth-order valence-corrected chi connectivity index (χ4v) is 2.19. The summed E-state index contributed by atoms with van der Waals surface area (Å²) < 4.78 is 0. The summed E-state index contributed by atoms with van der Waals surface area (Å²) in [4.78, 5) is 25.6. The van der Waals surface area contributed by atoms with Crippen molar-refractivity contribution in [2.24, 2.45) is 5.92 Å². The molecule has 5 nitrogen and oxygen atoms in total. The molecule has 5 heteroatoms. The Hall–Kier alpha value is -1.26. The molecule has 1 unspecified atom stereocenters. The van der Waals surface area contributed by atoms with Gasteiger partial charge in [-0.2, -0.15) is 0 Å². The van der Waals surface area contributed by atoms with E-state index in [0.717, 1.165) is 25.9 Å². The van der Waals surface area contributed by atoms with Crippen LogP contribution in [0.5, 0.6) is 0 Å². The monoisotopic (exact) mass is 283 g/mol. The summed E-state index contributed by atoms with van der Waals surface area (Å²) in [6, 6.07) is -0.0498. The van der Waals surface area contributed by atoms with Gasteiger partial charge in [-0.15, -0.1) is 0 Å². The minimum atomic E-state index is -0.185. The Labute approximate surface area is 122 Å². The van der Waals surface area contributed by atoms with E-state index in [0.29, 0.717) is 18.9 Å². The lowest BCUT2D eigenvalue weighted by molar-refractivity contribution is -0.131. The third kappa shape index (κ3) is 6.26. The van der Waals surface area contributed by atoms with Crippen molar-refractivity contribution in [3.8, 4) is 0 Å². The molecule has 2 N–H and O–H groups in total. The molecule has 0 aliphatic carbocycles. The van der Waals surface area contributed by atoms with Crippen molar-refractivity contribution < 1.29 is 9.59 Å².